The van der Waals surface area contributed by atoms with Crippen molar-refractivity contribution >= 4 is 34.1 Å². The summed E-state index contributed by atoms with van der Waals surface area (Å²) in [6, 6.07) is 0. The van der Waals surface area contributed by atoms with E-state index in [1.807, 2.05) is 32.0 Å². The largest absolute Gasteiger partial charge is 0.293 e. The van der Waals surface area contributed by atoms with E-state index >= 15 is 0 Å². The molecule has 1 rings (SSSR count). The molecule has 3 nitrogen and oxygen atoms in total. The topological polar surface area (TPSA) is 28.0 Å². The lowest BCUT2D eigenvalue weighted by Crippen LogP contribution is -2.23. The molecule has 1 heterocycles. The van der Waals surface area contributed by atoms with Gasteiger partial charge in [-0.2, -0.15) is 0 Å². The molecule has 0 aromatic heterocycles. The minimum absolute atomic E-state index is 0.159. The van der Waals surface area contributed by atoms with E-state index in [0.717, 1.165) is 5.71 Å². The standard InChI is InChI=1S/C11H15Cl2N3/c1-7-5-9(8(2)14-7)15-10(12)6-11(13)16(3)4/h5,11H,2,6H2,1,3-4H3. The van der Waals surface area contributed by atoms with Crippen LogP contribution in [0.3, 0.4) is 0 Å². The molecule has 16 heavy (non-hydrogen) atoms. The number of hydrogen-bond donors (Lipinski definition) is 0. The molecule has 0 saturated carbocycles. The SMILES string of the molecule is C=C1N=C(C)C=C1N=C(Cl)CC(Cl)N(C)C. The van der Waals surface area contributed by atoms with Crippen LogP contribution >= 0.6 is 23.2 Å². The fourth-order valence-electron chi connectivity index (χ4n) is 1.18. The third-order valence-corrected chi connectivity index (χ3v) is 2.88. The number of halogens is 2. The average Bonchev–Trinajstić information content (AvgIpc) is 2.44. The van der Waals surface area contributed by atoms with Crippen molar-refractivity contribution in [3.8, 4) is 0 Å². The third-order valence-electron chi connectivity index (χ3n) is 2.09. The van der Waals surface area contributed by atoms with E-state index in [0.29, 0.717) is 23.0 Å². The first-order valence-electron chi connectivity index (χ1n) is 4.90. The van der Waals surface area contributed by atoms with Crippen molar-refractivity contribution in [3.05, 3.63) is 24.0 Å². The van der Waals surface area contributed by atoms with Crippen LogP contribution in [0.4, 0.5) is 0 Å². The van der Waals surface area contributed by atoms with Gasteiger partial charge in [0.2, 0.25) is 0 Å². The predicted molar refractivity (Wildman–Crippen MR) is 71.6 cm³/mol. The molecule has 5 heteroatoms. The summed E-state index contributed by atoms with van der Waals surface area (Å²) in [5.74, 6) is 0. The zero-order valence-corrected chi connectivity index (χ0v) is 11.2. The van der Waals surface area contributed by atoms with Gasteiger partial charge in [0.1, 0.15) is 5.17 Å². The van der Waals surface area contributed by atoms with Crippen molar-refractivity contribution in [2.45, 2.75) is 18.8 Å². The Morgan fingerprint density at radius 1 is 1.62 bits per heavy atom. The Morgan fingerprint density at radius 3 is 2.69 bits per heavy atom. The normalized spacial score (nSPS) is 18.9. The maximum absolute atomic E-state index is 6.05. The number of rotatable bonds is 4. The lowest BCUT2D eigenvalue weighted by Gasteiger charge is -2.16. The lowest BCUT2D eigenvalue weighted by atomic mass is 10.3. The van der Waals surface area contributed by atoms with Gasteiger partial charge < -0.3 is 0 Å². The van der Waals surface area contributed by atoms with E-state index < -0.39 is 0 Å². The van der Waals surface area contributed by atoms with Crippen LogP contribution in [-0.2, 0) is 0 Å². The van der Waals surface area contributed by atoms with Crippen molar-refractivity contribution in [2.24, 2.45) is 9.98 Å². The smallest absolute Gasteiger partial charge is 0.109 e. The lowest BCUT2D eigenvalue weighted by molar-refractivity contribution is 0.384. The molecule has 0 bridgehead atoms. The second-order valence-electron chi connectivity index (χ2n) is 3.82. The Morgan fingerprint density at radius 2 is 2.25 bits per heavy atom. The van der Waals surface area contributed by atoms with Gasteiger partial charge in [-0.1, -0.05) is 18.2 Å². The van der Waals surface area contributed by atoms with Gasteiger partial charge in [0.05, 0.1) is 16.9 Å². The van der Waals surface area contributed by atoms with Crippen molar-refractivity contribution in [3.63, 3.8) is 0 Å². The van der Waals surface area contributed by atoms with Crippen LogP contribution in [0.2, 0.25) is 0 Å². The summed E-state index contributed by atoms with van der Waals surface area (Å²) < 4.78 is 0. The first-order chi connectivity index (χ1) is 7.40. The molecule has 0 fully saturated rings. The van der Waals surface area contributed by atoms with Crippen LogP contribution in [0, 0.1) is 0 Å². The van der Waals surface area contributed by atoms with Gasteiger partial charge in [-0.3, -0.25) is 9.89 Å². The highest BCUT2D eigenvalue weighted by Crippen LogP contribution is 2.20. The molecule has 1 aliphatic heterocycles. The van der Waals surface area contributed by atoms with E-state index in [9.17, 15) is 0 Å². The number of aliphatic imine (C=N–C) groups is 2. The average molecular weight is 260 g/mol. The van der Waals surface area contributed by atoms with Crippen LogP contribution in [-0.4, -0.2) is 35.4 Å². The first kappa shape index (κ1) is 13.4. The number of allylic oxidation sites excluding steroid dienone is 1. The monoisotopic (exact) mass is 259 g/mol. The molecule has 1 aliphatic rings. The van der Waals surface area contributed by atoms with E-state index in [-0.39, 0.29) is 5.50 Å². The van der Waals surface area contributed by atoms with Crippen LogP contribution in [0.15, 0.2) is 34.0 Å². The van der Waals surface area contributed by atoms with Crippen molar-refractivity contribution in [1.29, 1.82) is 0 Å². The molecule has 1 unspecified atom stereocenters. The van der Waals surface area contributed by atoms with Gasteiger partial charge in [0.15, 0.2) is 0 Å². The second-order valence-corrected chi connectivity index (χ2v) is 4.76. The zero-order valence-electron chi connectivity index (χ0n) is 9.67. The quantitative estimate of drug-likeness (QED) is 0.434. The Kier molecular flexibility index (Phi) is 4.71. The molecular formula is C11H15Cl2N3. The Labute approximate surface area is 106 Å². The first-order valence-corrected chi connectivity index (χ1v) is 5.71. The van der Waals surface area contributed by atoms with Crippen LogP contribution in [0.1, 0.15) is 13.3 Å². The van der Waals surface area contributed by atoms with Gasteiger partial charge in [-0.05, 0) is 27.1 Å². The Balaban J connectivity index is 2.65. The summed E-state index contributed by atoms with van der Waals surface area (Å²) in [4.78, 5) is 10.3. The Hall–Kier alpha value is -0.640. The molecule has 0 N–H and O–H groups in total. The number of nitrogens with zero attached hydrogens (tertiary/aromatic N) is 3. The van der Waals surface area contributed by atoms with E-state index in [4.69, 9.17) is 23.2 Å². The molecule has 0 amide bonds. The van der Waals surface area contributed by atoms with Crippen LogP contribution < -0.4 is 0 Å². The van der Waals surface area contributed by atoms with Gasteiger partial charge in [0.25, 0.3) is 0 Å². The van der Waals surface area contributed by atoms with Crippen molar-refractivity contribution in [1.82, 2.24) is 4.90 Å². The summed E-state index contributed by atoms with van der Waals surface area (Å²) in [6.07, 6.45) is 2.35. The van der Waals surface area contributed by atoms with E-state index in [1.54, 1.807) is 0 Å². The molecule has 0 radical (unpaired) electrons. The van der Waals surface area contributed by atoms with Gasteiger partial charge in [-0.25, -0.2) is 4.99 Å². The highest BCUT2D eigenvalue weighted by molar-refractivity contribution is 6.66. The third kappa shape index (κ3) is 3.74. The molecule has 0 saturated heterocycles. The molecule has 0 aromatic carbocycles. The number of alkyl halides is 1. The van der Waals surface area contributed by atoms with Crippen molar-refractivity contribution in [2.75, 3.05) is 14.1 Å². The summed E-state index contributed by atoms with van der Waals surface area (Å²) in [6.45, 7) is 5.68. The Bertz CT molecular complexity index is 381. The maximum atomic E-state index is 6.05. The molecule has 1 atom stereocenters. The van der Waals surface area contributed by atoms with Gasteiger partial charge in [-0.15, -0.1) is 11.6 Å². The van der Waals surface area contributed by atoms with Crippen LogP contribution in [0.5, 0.6) is 0 Å². The summed E-state index contributed by atoms with van der Waals surface area (Å²) in [7, 11) is 3.78. The van der Waals surface area contributed by atoms with E-state index in [1.165, 1.54) is 0 Å². The van der Waals surface area contributed by atoms with Gasteiger partial charge >= 0.3 is 0 Å². The highest BCUT2D eigenvalue weighted by atomic mass is 35.5. The second kappa shape index (κ2) is 5.62. The van der Waals surface area contributed by atoms with Gasteiger partial charge in [0, 0.05) is 12.1 Å². The molecule has 0 aliphatic carbocycles. The molecule has 0 spiro atoms. The van der Waals surface area contributed by atoms with Crippen molar-refractivity contribution < 1.29 is 0 Å². The fraction of sp³-hybridized carbons (Fsp3) is 0.455. The zero-order chi connectivity index (χ0) is 12.3. The summed E-state index contributed by atoms with van der Waals surface area (Å²) in [5.41, 5.74) is 2.09. The molecular weight excluding hydrogens is 245 g/mol. The minimum atomic E-state index is -0.159. The molecule has 88 valence electrons. The fourth-order valence-corrected chi connectivity index (χ4v) is 1.64. The van der Waals surface area contributed by atoms with Crippen LogP contribution in [0.25, 0.3) is 0 Å². The van der Waals surface area contributed by atoms with E-state index in [2.05, 4.69) is 16.6 Å². The highest BCUT2D eigenvalue weighted by Gasteiger charge is 2.13. The number of hydrogen-bond acceptors (Lipinski definition) is 3. The summed E-state index contributed by atoms with van der Waals surface area (Å²) >= 11 is 12.1. The summed E-state index contributed by atoms with van der Waals surface area (Å²) in [5, 5.41) is 0.464. The molecule has 0 aromatic rings. The predicted octanol–water partition coefficient (Wildman–Crippen LogP) is 3.01. The maximum Gasteiger partial charge on any atom is 0.109 e. The minimum Gasteiger partial charge on any atom is -0.293 e.